The van der Waals surface area contributed by atoms with Gasteiger partial charge in [-0.2, -0.15) is 0 Å². The number of aromatic nitrogens is 2. The highest BCUT2D eigenvalue weighted by Gasteiger charge is 2.50. The van der Waals surface area contributed by atoms with Gasteiger partial charge >= 0.3 is 6.03 Å². The number of nitrogens with zero attached hydrogens (tertiary/aromatic N) is 5. The van der Waals surface area contributed by atoms with E-state index < -0.39 is 11.6 Å². The first-order valence-electron chi connectivity index (χ1n) is 11.0. The smallest absolute Gasteiger partial charge is 0.325 e. The first kappa shape index (κ1) is 20.4. The number of piperazine rings is 1. The first-order valence-corrected chi connectivity index (χ1v) is 11.0. The van der Waals surface area contributed by atoms with Gasteiger partial charge < -0.3 is 15.1 Å². The van der Waals surface area contributed by atoms with Crippen molar-refractivity contribution in [3.63, 3.8) is 0 Å². The van der Waals surface area contributed by atoms with Crippen LogP contribution in [-0.4, -0.2) is 70.3 Å². The monoisotopic (exact) mass is 434 g/mol. The van der Waals surface area contributed by atoms with Crippen molar-refractivity contribution >= 4 is 23.8 Å². The van der Waals surface area contributed by atoms with E-state index in [1.54, 1.807) is 30.3 Å². The molecule has 1 aromatic carbocycles. The van der Waals surface area contributed by atoms with Crippen LogP contribution < -0.4 is 10.2 Å². The van der Waals surface area contributed by atoms with E-state index in [0.29, 0.717) is 32.1 Å². The molecule has 2 saturated heterocycles. The number of urea groups is 1. The van der Waals surface area contributed by atoms with Crippen molar-refractivity contribution in [1.29, 1.82) is 0 Å². The molecule has 1 aliphatic carbocycles. The maximum absolute atomic E-state index is 13.2. The molecule has 1 aromatic heterocycles. The predicted octanol–water partition coefficient (Wildman–Crippen LogP) is 1.08. The van der Waals surface area contributed by atoms with E-state index in [9.17, 15) is 14.4 Å². The van der Waals surface area contributed by atoms with Crippen molar-refractivity contribution in [3.05, 3.63) is 53.3 Å². The summed E-state index contributed by atoms with van der Waals surface area (Å²) in [4.78, 5) is 52.0. The number of carbonyl (C=O) groups is 3. The Kier molecular flexibility index (Phi) is 5.03. The van der Waals surface area contributed by atoms with E-state index in [1.165, 1.54) is 11.1 Å². The van der Waals surface area contributed by atoms with Crippen LogP contribution in [-0.2, 0) is 28.0 Å². The molecule has 166 valence electrons. The van der Waals surface area contributed by atoms with Crippen molar-refractivity contribution in [3.8, 4) is 0 Å². The summed E-state index contributed by atoms with van der Waals surface area (Å²) in [5, 5.41) is 2.82. The van der Waals surface area contributed by atoms with Crippen LogP contribution in [0.3, 0.4) is 0 Å². The summed E-state index contributed by atoms with van der Waals surface area (Å²) in [6.45, 7) is 3.64. The van der Waals surface area contributed by atoms with E-state index in [2.05, 4.69) is 15.3 Å². The number of imide groups is 1. The van der Waals surface area contributed by atoms with Gasteiger partial charge in [0.1, 0.15) is 12.1 Å². The molecular weight excluding hydrogens is 408 g/mol. The van der Waals surface area contributed by atoms with Crippen molar-refractivity contribution in [2.24, 2.45) is 0 Å². The zero-order valence-electron chi connectivity index (χ0n) is 18.1. The maximum atomic E-state index is 13.2. The average molecular weight is 435 g/mol. The van der Waals surface area contributed by atoms with Crippen LogP contribution in [0.2, 0.25) is 0 Å². The Morgan fingerprint density at radius 2 is 1.78 bits per heavy atom. The fourth-order valence-corrected chi connectivity index (χ4v) is 4.76. The SMILES string of the molecule is CC1(c2ccc3c(c2)CCC3)NC(=O)N(CC(=O)N2CCN(c3ncccn3)CC2)C1=O. The molecule has 3 heterocycles. The summed E-state index contributed by atoms with van der Waals surface area (Å²) < 4.78 is 0. The summed E-state index contributed by atoms with van der Waals surface area (Å²) in [6, 6.07) is 7.22. The fraction of sp³-hybridized carbons (Fsp3) is 0.435. The molecule has 0 spiro atoms. The molecule has 2 fully saturated rings. The Morgan fingerprint density at radius 1 is 1.06 bits per heavy atom. The summed E-state index contributed by atoms with van der Waals surface area (Å²) in [5.41, 5.74) is 2.16. The summed E-state index contributed by atoms with van der Waals surface area (Å²) >= 11 is 0. The molecule has 1 atom stereocenters. The topological polar surface area (TPSA) is 98.7 Å². The summed E-state index contributed by atoms with van der Waals surface area (Å²) in [7, 11) is 0. The van der Waals surface area contributed by atoms with E-state index in [-0.39, 0.29) is 18.4 Å². The first-order chi connectivity index (χ1) is 15.5. The largest absolute Gasteiger partial charge is 0.338 e. The van der Waals surface area contributed by atoms with Gasteiger partial charge in [-0.25, -0.2) is 14.8 Å². The second-order valence-electron chi connectivity index (χ2n) is 8.70. The van der Waals surface area contributed by atoms with Gasteiger partial charge in [0.2, 0.25) is 11.9 Å². The molecule has 2 aromatic rings. The van der Waals surface area contributed by atoms with Gasteiger partial charge in [0.25, 0.3) is 5.91 Å². The minimum atomic E-state index is -1.15. The summed E-state index contributed by atoms with van der Waals surface area (Å²) in [6.07, 6.45) is 6.53. The molecule has 9 heteroatoms. The minimum absolute atomic E-state index is 0.236. The normalized spacial score (nSPS) is 22.8. The van der Waals surface area contributed by atoms with E-state index in [4.69, 9.17) is 0 Å². The lowest BCUT2D eigenvalue weighted by Crippen LogP contribution is -2.52. The molecular formula is C23H26N6O3. The Labute approximate surface area is 186 Å². The molecule has 0 bridgehead atoms. The van der Waals surface area contributed by atoms with Gasteiger partial charge in [-0.05, 0) is 48.9 Å². The molecule has 5 rings (SSSR count). The zero-order valence-corrected chi connectivity index (χ0v) is 18.1. The standard InChI is InChI=1S/C23H26N6O3/c1-23(18-7-6-16-4-2-5-17(16)14-18)20(31)29(22(32)26-23)15-19(30)27-10-12-28(13-11-27)21-24-8-3-9-25-21/h3,6-9,14H,2,4-5,10-13,15H2,1H3,(H,26,32). The number of hydrogen-bond donors (Lipinski definition) is 1. The molecule has 0 radical (unpaired) electrons. The van der Waals surface area contributed by atoms with Crippen molar-refractivity contribution in [2.75, 3.05) is 37.6 Å². The second kappa shape index (κ2) is 7.89. The molecule has 1 N–H and O–H groups in total. The highest BCUT2D eigenvalue weighted by Crippen LogP contribution is 2.32. The number of carbonyl (C=O) groups excluding carboxylic acids is 3. The fourth-order valence-electron chi connectivity index (χ4n) is 4.76. The number of fused-ring (bicyclic) bond motifs is 1. The van der Waals surface area contributed by atoms with Crippen LogP contribution in [0.15, 0.2) is 36.7 Å². The molecule has 0 saturated carbocycles. The molecule has 2 aliphatic heterocycles. The van der Waals surface area contributed by atoms with Crippen LogP contribution in [0.4, 0.5) is 10.7 Å². The van der Waals surface area contributed by atoms with Crippen LogP contribution in [0.25, 0.3) is 0 Å². The van der Waals surface area contributed by atoms with Gasteiger partial charge in [0, 0.05) is 38.6 Å². The van der Waals surface area contributed by atoms with Crippen LogP contribution >= 0.6 is 0 Å². The number of rotatable bonds is 4. The lowest BCUT2D eigenvalue weighted by Gasteiger charge is -2.35. The van der Waals surface area contributed by atoms with Gasteiger partial charge in [-0.15, -0.1) is 0 Å². The van der Waals surface area contributed by atoms with E-state index >= 15 is 0 Å². The van der Waals surface area contributed by atoms with Crippen molar-refractivity contribution in [1.82, 2.24) is 25.1 Å². The number of nitrogens with one attached hydrogen (secondary N) is 1. The quantitative estimate of drug-likeness (QED) is 0.723. The summed E-state index contributed by atoms with van der Waals surface area (Å²) in [5.74, 6) is 0.0178. The van der Waals surface area contributed by atoms with Gasteiger partial charge in [0.15, 0.2) is 0 Å². The number of aryl methyl sites for hydroxylation is 2. The Hall–Kier alpha value is -3.49. The number of benzene rings is 1. The molecule has 9 nitrogen and oxygen atoms in total. The lowest BCUT2D eigenvalue weighted by molar-refractivity contribution is -0.139. The second-order valence-corrected chi connectivity index (χ2v) is 8.70. The molecule has 4 amide bonds. The minimum Gasteiger partial charge on any atom is -0.338 e. The Bertz CT molecular complexity index is 1070. The Morgan fingerprint density at radius 3 is 2.53 bits per heavy atom. The third-order valence-electron chi connectivity index (χ3n) is 6.71. The molecule has 1 unspecified atom stereocenters. The van der Waals surface area contributed by atoms with Crippen LogP contribution in [0, 0.1) is 0 Å². The van der Waals surface area contributed by atoms with Crippen LogP contribution in [0.1, 0.15) is 30.0 Å². The maximum Gasteiger partial charge on any atom is 0.325 e. The number of anilines is 1. The predicted molar refractivity (Wildman–Crippen MR) is 117 cm³/mol. The number of hydrogen-bond acceptors (Lipinski definition) is 6. The van der Waals surface area contributed by atoms with Crippen molar-refractivity contribution < 1.29 is 14.4 Å². The third-order valence-corrected chi connectivity index (χ3v) is 6.71. The molecule has 3 aliphatic rings. The van der Waals surface area contributed by atoms with Gasteiger partial charge in [-0.1, -0.05) is 18.2 Å². The highest BCUT2D eigenvalue weighted by molar-refractivity contribution is 6.09. The number of amides is 4. The van der Waals surface area contributed by atoms with Crippen molar-refractivity contribution in [2.45, 2.75) is 31.7 Å². The van der Waals surface area contributed by atoms with Crippen LogP contribution in [0.5, 0.6) is 0 Å². The van der Waals surface area contributed by atoms with Gasteiger partial charge in [0.05, 0.1) is 0 Å². The van der Waals surface area contributed by atoms with E-state index in [0.717, 1.165) is 29.7 Å². The lowest BCUT2D eigenvalue weighted by atomic mass is 9.89. The average Bonchev–Trinajstić information content (AvgIpc) is 3.38. The molecule has 32 heavy (non-hydrogen) atoms. The van der Waals surface area contributed by atoms with E-state index in [1.807, 2.05) is 23.1 Å². The Balaban J connectivity index is 1.24. The highest BCUT2D eigenvalue weighted by atomic mass is 16.2. The third kappa shape index (κ3) is 3.47. The zero-order chi connectivity index (χ0) is 22.3. The van der Waals surface area contributed by atoms with Gasteiger partial charge in [-0.3, -0.25) is 14.5 Å².